The molecule has 2 saturated heterocycles. The Labute approximate surface area is 153 Å². The van der Waals surface area contributed by atoms with Crippen molar-refractivity contribution in [1.29, 1.82) is 5.26 Å². The average molecular weight is 382 g/mol. The van der Waals surface area contributed by atoms with E-state index in [0.717, 1.165) is 13.0 Å². The van der Waals surface area contributed by atoms with Crippen molar-refractivity contribution in [2.75, 3.05) is 26.2 Å². The van der Waals surface area contributed by atoms with Crippen molar-refractivity contribution >= 4 is 27.5 Å². The molecule has 3 rings (SSSR count). The largest absolute Gasteiger partial charge is 0.342 e. The minimum absolute atomic E-state index is 0.0129. The van der Waals surface area contributed by atoms with Crippen molar-refractivity contribution in [3.8, 4) is 6.07 Å². The van der Waals surface area contributed by atoms with Crippen molar-refractivity contribution in [2.24, 2.45) is 5.41 Å². The van der Waals surface area contributed by atoms with Gasteiger partial charge in [-0.15, -0.1) is 0 Å². The van der Waals surface area contributed by atoms with E-state index in [-0.39, 0.29) is 22.4 Å². The molecule has 1 atom stereocenters. The Morgan fingerprint density at radius 3 is 2.68 bits per heavy atom. The number of rotatable bonds is 4. The first-order valence-corrected chi connectivity index (χ1v) is 10.1. The van der Waals surface area contributed by atoms with Crippen LogP contribution in [-0.2, 0) is 14.8 Å². The van der Waals surface area contributed by atoms with Crippen LogP contribution in [0.1, 0.15) is 31.7 Å². The Kier molecular flexibility index (Phi) is 4.80. The third-order valence-corrected chi connectivity index (χ3v) is 7.42. The topological polar surface area (TPSA) is 81.5 Å². The number of amides is 1. The number of nitrogens with zero attached hydrogens (tertiary/aromatic N) is 3. The van der Waals surface area contributed by atoms with Crippen LogP contribution in [0.5, 0.6) is 0 Å². The molecule has 134 valence electrons. The molecule has 2 fully saturated rings. The van der Waals surface area contributed by atoms with Crippen LogP contribution >= 0.6 is 11.6 Å². The third kappa shape index (κ3) is 3.03. The van der Waals surface area contributed by atoms with Crippen LogP contribution in [0.25, 0.3) is 0 Å². The van der Waals surface area contributed by atoms with E-state index >= 15 is 0 Å². The number of hydrogen-bond donors (Lipinski definition) is 0. The molecule has 1 amide bonds. The Morgan fingerprint density at radius 2 is 2.04 bits per heavy atom. The number of hydrogen-bond acceptors (Lipinski definition) is 4. The van der Waals surface area contributed by atoms with Gasteiger partial charge in [0, 0.05) is 26.2 Å². The molecule has 2 aliphatic heterocycles. The van der Waals surface area contributed by atoms with E-state index in [1.54, 1.807) is 0 Å². The normalized spacial score (nSPS) is 24.2. The number of halogens is 1. The second kappa shape index (κ2) is 6.60. The van der Waals surface area contributed by atoms with Gasteiger partial charge in [0.05, 0.1) is 22.1 Å². The fraction of sp³-hybridized carbons (Fsp3) is 0.529. The molecule has 2 heterocycles. The third-order valence-electron chi connectivity index (χ3n) is 5.09. The highest BCUT2D eigenvalue weighted by atomic mass is 35.5. The molecule has 1 unspecified atom stereocenters. The van der Waals surface area contributed by atoms with E-state index in [4.69, 9.17) is 16.9 Å². The number of likely N-dealkylation sites (tertiary alicyclic amines) is 1. The van der Waals surface area contributed by atoms with Crippen molar-refractivity contribution in [3.05, 3.63) is 28.8 Å². The summed E-state index contributed by atoms with van der Waals surface area (Å²) in [4.78, 5) is 14.5. The summed E-state index contributed by atoms with van der Waals surface area (Å²) in [6.07, 6.45) is 2.13. The maximum atomic E-state index is 12.9. The van der Waals surface area contributed by atoms with Gasteiger partial charge >= 0.3 is 0 Å². The minimum atomic E-state index is -3.79. The molecule has 0 N–H and O–H groups in total. The standard InChI is InChI=1S/C17H20ClN3O3S/c1-2-7-20-8-5-17(16(20)22)6-9-21(12-17)25(23,24)15-4-3-13(11-19)10-14(15)18/h3-4,10H,2,5-9,12H2,1H3. The molecule has 25 heavy (non-hydrogen) atoms. The zero-order valence-electron chi connectivity index (χ0n) is 14.0. The maximum absolute atomic E-state index is 12.9. The van der Waals surface area contributed by atoms with Crippen molar-refractivity contribution < 1.29 is 13.2 Å². The lowest BCUT2D eigenvalue weighted by atomic mass is 9.86. The van der Waals surface area contributed by atoms with Gasteiger partial charge in [0.1, 0.15) is 4.90 Å². The molecule has 0 aromatic heterocycles. The lowest BCUT2D eigenvalue weighted by Gasteiger charge is -2.23. The minimum Gasteiger partial charge on any atom is -0.342 e. The molecule has 0 bridgehead atoms. The average Bonchev–Trinajstić information content (AvgIpc) is 3.15. The van der Waals surface area contributed by atoms with Crippen LogP contribution in [0.3, 0.4) is 0 Å². The van der Waals surface area contributed by atoms with Crippen molar-refractivity contribution in [2.45, 2.75) is 31.1 Å². The number of benzene rings is 1. The van der Waals surface area contributed by atoms with Crippen LogP contribution < -0.4 is 0 Å². The first-order chi connectivity index (χ1) is 11.8. The molecule has 8 heteroatoms. The van der Waals surface area contributed by atoms with Gasteiger partial charge in [0.2, 0.25) is 15.9 Å². The van der Waals surface area contributed by atoms with Gasteiger partial charge < -0.3 is 4.90 Å². The second-order valence-electron chi connectivity index (χ2n) is 6.67. The van der Waals surface area contributed by atoms with Crippen molar-refractivity contribution in [1.82, 2.24) is 9.21 Å². The molecular weight excluding hydrogens is 362 g/mol. The summed E-state index contributed by atoms with van der Waals surface area (Å²) in [6, 6.07) is 6.09. The lowest BCUT2D eigenvalue weighted by molar-refractivity contribution is -0.135. The fourth-order valence-corrected chi connectivity index (χ4v) is 5.76. The van der Waals surface area contributed by atoms with Crippen LogP contribution in [0.15, 0.2) is 23.1 Å². The zero-order valence-corrected chi connectivity index (χ0v) is 15.6. The molecule has 2 aliphatic rings. The van der Waals surface area contributed by atoms with E-state index in [2.05, 4.69) is 0 Å². The zero-order chi connectivity index (χ0) is 18.2. The van der Waals surface area contributed by atoms with E-state index in [0.29, 0.717) is 31.5 Å². The van der Waals surface area contributed by atoms with Gasteiger partial charge in [-0.1, -0.05) is 18.5 Å². The first-order valence-electron chi connectivity index (χ1n) is 8.33. The Bertz CT molecular complexity index is 849. The lowest BCUT2D eigenvalue weighted by Crippen LogP contribution is -2.38. The summed E-state index contributed by atoms with van der Waals surface area (Å²) in [5.41, 5.74) is -0.288. The Morgan fingerprint density at radius 1 is 1.32 bits per heavy atom. The summed E-state index contributed by atoms with van der Waals surface area (Å²) in [7, 11) is -3.79. The summed E-state index contributed by atoms with van der Waals surface area (Å²) in [5.74, 6) is 0.0676. The summed E-state index contributed by atoms with van der Waals surface area (Å²) in [5, 5.41) is 8.93. The quantitative estimate of drug-likeness (QED) is 0.800. The molecular formula is C17H20ClN3O3S. The van der Waals surface area contributed by atoms with Gasteiger partial charge in [0.15, 0.2) is 0 Å². The SMILES string of the molecule is CCCN1CCC2(CCN(S(=O)(=O)c3ccc(C#N)cc3Cl)C2)C1=O. The molecule has 1 spiro atoms. The van der Waals surface area contributed by atoms with Crippen LogP contribution in [-0.4, -0.2) is 49.7 Å². The fourth-order valence-electron chi connectivity index (χ4n) is 3.71. The Hall–Kier alpha value is -1.62. The van der Waals surface area contributed by atoms with Gasteiger partial charge in [-0.2, -0.15) is 9.57 Å². The molecule has 6 nitrogen and oxygen atoms in total. The van der Waals surface area contributed by atoms with Gasteiger partial charge in [-0.05, 0) is 37.5 Å². The summed E-state index contributed by atoms with van der Waals surface area (Å²) < 4.78 is 27.2. The smallest absolute Gasteiger partial charge is 0.244 e. The molecule has 0 radical (unpaired) electrons. The summed E-state index contributed by atoms with van der Waals surface area (Å²) >= 11 is 6.08. The van der Waals surface area contributed by atoms with Crippen LogP contribution in [0, 0.1) is 16.7 Å². The Balaban J connectivity index is 1.84. The predicted molar refractivity (Wildman–Crippen MR) is 93.5 cm³/mol. The van der Waals surface area contributed by atoms with E-state index in [1.165, 1.54) is 22.5 Å². The van der Waals surface area contributed by atoms with E-state index < -0.39 is 15.4 Å². The van der Waals surface area contributed by atoms with Crippen LogP contribution in [0.2, 0.25) is 5.02 Å². The molecule has 1 aromatic rings. The molecule has 0 saturated carbocycles. The number of sulfonamides is 1. The highest BCUT2D eigenvalue weighted by Gasteiger charge is 2.52. The van der Waals surface area contributed by atoms with Gasteiger partial charge in [-0.25, -0.2) is 8.42 Å². The monoisotopic (exact) mass is 381 g/mol. The highest BCUT2D eigenvalue weighted by molar-refractivity contribution is 7.89. The first kappa shape index (κ1) is 18.2. The maximum Gasteiger partial charge on any atom is 0.244 e. The van der Waals surface area contributed by atoms with Gasteiger partial charge in [-0.3, -0.25) is 4.79 Å². The van der Waals surface area contributed by atoms with E-state index in [9.17, 15) is 13.2 Å². The van der Waals surface area contributed by atoms with Crippen molar-refractivity contribution in [3.63, 3.8) is 0 Å². The van der Waals surface area contributed by atoms with Crippen LogP contribution in [0.4, 0.5) is 0 Å². The van der Waals surface area contributed by atoms with Gasteiger partial charge in [0.25, 0.3) is 0 Å². The molecule has 1 aromatic carbocycles. The predicted octanol–water partition coefficient (Wildman–Crippen LogP) is 2.23. The van der Waals surface area contributed by atoms with E-state index in [1.807, 2.05) is 17.9 Å². The number of carbonyl (C=O) groups is 1. The number of nitriles is 1. The second-order valence-corrected chi connectivity index (χ2v) is 8.98. The summed E-state index contributed by atoms with van der Waals surface area (Å²) in [6.45, 7) is 3.94. The number of carbonyl (C=O) groups excluding carboxylic acids is 1. The molecule has 0 aliphatic carbocycles. The highest BCUT2D eigenvalue weighted by Crippen LogP contribution is 2.43.